The zero-order valence-corrected chi connectivity index (χ0v) is 12.0. The fourth-order valence-electron chi connectivity index (χ4n) is 2.78. The van der Waals surface area contributed by atoms with Crippen LogP contribution in [-0.4, -0.2) is 4.98 Å². The highest BCUT2D eigenvalue weighted by Crippen LogP contribution is 2.47. The first-order valence-electron chi connectivity index (χ1n) is 7.47. The Balaban J connectivity index is 1.46. The van der Waals surface area contributed by atoms with Crippen LogP contribution >= 0.6 is 0 Å². The van der Waals surface area contributed by atoms with Crippen LogP contribution in [0, 0.1) is 5.92 Å². The van der Waals surface area contributed by atoms with Crippen LogP contribution in [0.4, 0.5) is 5.69 Å². The molecule has 4 rings (SSSR count). The summed E-state index contributed by atoms with van der Waals surface area (Å²) in [5, 5.41) is 4.56. The molecule has 0 bridgehead atoms. The van der Waals surface area contributed by atoms with E-state index in [1.807, 2.05) is 18.3 Å². The number of furan rings is 1. The summed E-state index contributed by atoms with van der Waals surface area (Å²) < 4.78 is 5.91. The van der Waals surface area contributed by atoms with Crippen molar-refractivity contribution < 1.29 is 4.42 Å². The molecule has 2 unspecified atom stereocenters. The van der Waals surface area contributed by atoms with Crippen molar-refractivity contribution >= 4 is 16.6 Å². The van der Waals surface area contributed by atoms with Crippen molar-refractivity contribution in [1.82, 2.24) is 4.98 Å². The third kappa shape index (κ3) is 2.51. The second-order valence-electron chi connectivity index (χ2n) is 5.89. The smallest absolute Gasteiger partial charge is 0.123 e. The summed E-state index contributed by atoms with van der Waals surface area (Å²) in [4.78, 5) is 4.33. The highest BCUT2D eigenvalue weighted by molar-refractivity contribution is 5.82. The fourth-order valence-corrected chi connectivity index (χ4v) is 2.78. The maximum Gasteiger partial charge on any atom is 0.123 e. The van der Waals surface area contributed by atoms with Crippen LogP contribution in [0.2, 0.25) is 0 Å². The van der Waals surface area contributed by atoms with Crippen molar-refractivity contribution in [3.8, 4) is 0 Å². The van der Waals surface area contributed by atoms with E-state index >= 15 is 0 Å². The van der Waals surface area contributed by atoms with Gasteiger partial charge in [-0.2, -0.15) is 0 Å². The third-order valence-corrected chi connectivity index (χ3v) is 4.23. The minimum absolute atomic E-state index is 0.644. The summed E-state index contributed by atoms with van der Waals surface area (Å²) >= 11 is 0. The molecular formula is C18H18N2O. The van der Waals surface area contributed by atoms with Gasteiger partial charge in [-0.15, -0.1) is 0 Å². The number of aromatic nitrogens is 1. The van der Waals surface area contributed by atoms with E-state index in [0.29, 0.717) is 12.5 Å². The zero-order valence-electron chi connectivity index (χ0n) is 12.0. The average molecular weight is 278 g/mol. The number of hydrogen-bond acceptors (Lipinski definition) is 3. The molecular weight excluding hydrogens is 260 g/mol. The molecule has 3 aromatic rings. The van der Waals surface area contributed by atoms with Gasteiger partial charge in [0.1, 0.15) is 11.5 Å². The van der Waals surface area contributed by atoms with Crippen molar-refractivity contribution in [2.24, 2.45) is 5.92 Å². The van der Waals surface area contributed by atoms with Gasteiger partial charge in [-0.05, 0) is 48.7 Å². The molecule has 1 aromatic carbocycles. The first-order chi connectivity index (χ1) is 10.3. The second-order valence-corrected chi connectivity index (χ2v) is 5.89. The zero-order chi connectivity index (χ0) is 14.2. The van der Waals surface area contributed by atoms with Crippen LogP contribution in [0.3, 0.4) is 0 Å². The highest BCUT2D eigenvalue weighted by Gasteiger charge is 2.36. The van der Waals surface area contributed by atoms with Crippen LogP contribution in [0.25, 0.3) is 10.9 Å². The maximum absolute atomic E-state index is 5.91. The van der Waals surface area contributed by atoms with E-state index in [4.69, 9.17) is 4.42 Å². The Hall–Kier alpha value is -2.29. The van der Waals surface area contributed by atoms with Gasteiger partial charge < -0.3 is 9.73 Å². The van der Waals surface area contributed by atoms with E-state index in [1.54, 1.807) is 0 Å². The molecule has 0 aliphatic heterocycles. The normalized spacial score (nSPS) is 20.6. The molecule has 106 valence electrons. The van der Waals surface area contributed by atoms with E-state index in [1.165, 1.54) is 6.42 Å². The molecule has 0 spiro atoms. The van der Waals surface area contributed by atoms with Crippen LogP contribution in [-0.2, 0) is 6.54 Å². The van der Waals surface area contributed by atoms with Gasteiger partial charge in [-0.3, -0.25) is 4.98 Å². The molecule has 3 heteroatoms. The standard InChI is InChI=1S/C18H18N2O/c1-12-9-16(12)18-7-5-15(21-18)11-20-14-4-6-17-13(10-14)3-2-8-19-17/h2-8,10,12,16,20H,9,11H2,1H3. The molecule has 1 N–H and O–H groups in total. The molecule has 2 heterocycles. The topological polar surface area (TPSA) is 38.1 Å². The first kappa shape index (κ1) is 12.5. The Morgan fingerprint density at radius 2 is 2.14 bits per heavy atom. The molecule has 3 nitrogen and oxygen atoms in total. The predicted molar refractivity (Wildman–Crippen MR) is 84.3 cm³/mol. The molecule has 0 radical (unpaired) electrons. The summed E-state index contributed by atoms with van der Waals surface area (Å²) in [5.74, 6) is 3.56. The number of nitrogens with one attached hydrogen (secondary N) is 1. The van der Waals surface area contributed by atoms with Crippen LogP contribution in [0.1, 0.15) is 30.8 Å². The van der Waals surface area contributed by atoms with Gasteiger partial charge in [-0.25, -0.2) is 0 Å². The molecule has 0 amide bonds. The summed E-state index contributed by atoms with van der Waals surface area (Å²) in [6.45, 7) is 2.99. The molecule has 1 aliphatic carbocycles. The average Bonchev–Trinajstić information content (AvgIpc) is 3.07. The summed E-state index contributed by atoms with van der Waals surface area (Å²) in [6.07, 6.45) is 3.08. The number of hydrogen-bond donors (Lipinski definition) is 1. The van der Waals surface area contributed by atoms with Crippen molar-refractivity contribution in [1.29, 1.82) is 0 Å². The molecule has 1 saturated carbocycles. The fraction of sp³-hybridized carbons (Fsp3) is 0.278. The van der Waals surface area contributed by atoms with E-state index in [-0.39, 0.29) is 0 Å². The number of nitrogens with zero attached hydrogens (tertiary/aromatic N) is 1. The molecule has 21 heavy (non-hydrogen) atoms. The number of pyridine rings is 1. The second kappa shape index (κ2) is 4.92. The van der Waals surface area contributed by atoms with E-state index in [9.17, 15) is 0 Å². The molecule has 2 atom stereocenters. The van der Waals surface area contributed by atoms with Crippen molar-refractivity contribution in [2.75, 3.05) is 5.32 Å². The number of benzene rings is 1. The van der Waals surface area contributed by atoms with E-state index < -0.39 is 0 Å². The van der Waals surface area contributed by atoms with Gasteiger partial charge >= 0.3 is 0 Å². The Kier molecular flexibility index (Phi) is 2.92. The van der Waals surface area contributed by atoms with Crippen molar-refractivity contribution in [2.45, 2.75) is 25.8 Å². The summed E-state index contributed by atoms with van der Waals surface area (Å²) in [7, 11) is 0. The number of anilines is 1. The van der Waals surface area contributed by atoms with E-state index in [0.717, 1.165) is 34.0 Å². The third-order valence-electron chi connectivity index (χ3n) is 4.23. The number of rotatable bonds is 4. The van der Waals surface area contributed by atoms with Crippen LogP contribution in [0.5, 0.6) is 0 Å². The lowest BCUT2D eigenvalue weighted by molar-refractivity contribution is 0.468. The first-order valence-corrected chi connectivity index (χ1v) is 7.47. The molecule has 1 aliphatic rings. The summed E-state index contributed by atoms with van der Waals surface area (Å²) in [6, 6.07) is 14.5. The lowest BCUT2D eigenvalue weighted by Gasteiger charge is -2.05. The maximum atomic E-state index is 5.91. The van der Waals surface area contributed by atoms with Gasteiger partial charge in [0.05, 0.1) is 12.1 Å². The van der Waals surface area contributed by atoms with Crippen molar-refractivity contribution in [3.05, 3.63) is 60.2 Å². The van der Waals surface area contributed by atoms with Gasteiger partial charge in [0.2, 0.25) is 0 Å². The minimum Gasteiger partial charge on any atom is -0.464 e. The quantitative estimate of drug-likeness (QED) is 0.760. The van der Waals surface area contributed by atoms with Crippen molar-refractivity contribution in [3.63, 3.8) is 0 Å². The van der Waals surface area contributed by atoms with Gasteiger partial charge in [0.25, 0.3) is 0 Å². The Morgan fingerprint density at radius 3 is 3.00 bits per heavy atom. The van der Waals surface area contributed by atoms with Gasteiger partial charge in [-0.1, -0.05) is 13.0 Å². The lowest BCUT2D eigenvalue weighted by Crippen LogP contribution is -1.98. The molecule has 0 saturated heterocycles. The van der Waals surface area contributed by atoms with Gasteiger partial charge in [0, 0.05) is 23.2 Å². The SMILES string of the molecule is CC1CC1c1ccc(CNc2ccc3ncccc3c2)o1. The Labute approximate surface area is 124 Å². The number of fused-ring (bicyclic) bond motifs is 1. The Morgan fingerprint density at radius 1 is 1.24 bits per heavy atom. The van der Waals surface area contributed by atoms with Crippen LogP contribution in [0.15, 0.2) is 53.1 Å². The molecule has 2 aromatic heterocycles. The van der Waals surface area contributed by atoms with Gasteiger partial charge in [0.15, 0.2) is 0 Å². The summed E-state index contributed by atoms with van der Waals surface area (Å²) in [5.41, 5.74) is 2.11. The highest BCUT2D eigenvalue weighted by atomic mass is 16.3. The Bertz CT molecular complexity index is 777. The predicted octanol–water partition coefficient (Wildman–Crippen LogP) is 4.56. The molecule has 1 fully saturated rings. The minimum atomic E-state index is 0.644. The van der Waals surface area contributed by atoms with Crippen LogP contribution < -0.4 is 5.32 Å². The lowest BCUT2D eigenvalue weighted by atomic mass is 10.2. The largest absolute Gasteiger partial charge is 0.464 e. The van der Waals surface area contributed by atoms with E-state index in [2.05, 4.69) is 47.6 Å². The monoisotopic (exact) mass is 278 g/mol.